The number of amides is 2. The molecular weight excluding hydrogens is 348 g/mol. The van der Waals surface area contributed by atoms with Gasteiger partial charge in [-0.15, -0.1) is 0 Å². The van der Waals surface area contributed by atoms with E-state index in [4.69, 9.17) is 16.3 Å². The number of anilines is 1. The Morgan fingerprint density at radius 2 is 2.09 bits per heavy atom. The van der Waals surface area contributed by atoms with E-state index < -0.39 is 20.4 Å². The minimum absolute atomic E-state index is 0.0218. The molecule has 0 saturated carbocycles. The molecule has 0 radical (unpaired) electrons. The third-order valence-corrected chi connectivity index (χ3v) is 4.89. The van der Waals surface area contributed by atoms with Gasteiger partial charge in [-0.2, -0.15) is 15.0 Å². The van der Waals surface area contributed by atoms with Gasteiger partial charge >= 0.3 is 12.0 Å². The van der Waals surface area contributed by atoms with Gasteiger partial charge in [0.2, 0.25) is 5.95 Å². The molecule has 1 unspecified atom stereocenters. The number of carbonyl (C=O) groups is 1. The number of hydrogen-bond donors (Lipinski definition) is 3. The molecule has 2 amide bonds. The molecular formula is C11H13ClN6O4S. The molecule has 0 aliphatic carbocycles. The maximum absolute atomic E-state index is 12.2. The van der Waals surface area contributed by atoms with Gasteiger partial charge in [-0.3, -0.25) is 5.32 Å². The highest BCUT2D eigenvalue weighted by molar-refractivity contribution is 7.93. The lowest BCUT2D eigenvalue weighted by Crippen LogP contribution is -2.52. The summed E-state index contributed by atoms with van der Waals surface area (Å²) < 4.78 is 29.0. The predicted octanol–water partition coefficient (Wildman–Crippen LogP) is 0.206. The van der Waals surface area contributed by atoms with Gasteiger partial charge in [0, 0.05) is 0 Å². The third-order valence-electron chi connectivity index (χ3n) is 2.55. The summed E-state index contributed by atoms with van der Waals surface area (Å²) >= 11 is 5.95. The summed E-state index contributed by atoms with van der Waals surface area (Å²) in [5, 5.41) is 4.61. The van der Waals surface area contributed by atoms with Crippen LogP contribution >= 0.6 is 11.6 Å². The first-order valence-corrected chi connectivity index (χ1v) is 8.03. The van der Waals surface area contributed by atoms with E-state index in [0.29, 0.717) is 0 Å². The molecule has 12 heteroatoms. The van der Waals surface area contributed by atoms with E-state index in [1.807, 2.05) is 0 Å². The standard InChI is InChI=1S/C11H13ClN6O4S/c1-7-14-8(17-10(15-7)22-2)16-9(19)18-23(20,21)11(12)5-3-4-6-13-11/h3-6,13H,1-2H3,(H2,14,15,16,17,18,19). The van der Waals surface area contributed by atoms with E-state index in [9.17, 15) is 13.2 Å². The van der Waals surface area contributed by atoms with Gasteiger partial charge < -0.3 is 10.1 Å². The van der Waals surface area contributed by atoms with Gasteiger partial charge in [-0.05, 0) is 25.3 Å². The Morgan fingerprint density at radius 1 is 1.35 bits per heavy atom. The third kappa shape index (κ3) is 3.87. The molecule has 1 aliphatic rings. The Bertz CT molecular complexity index is 781. The number of nitrogens with zero attached hydrogens (tertiary/aromatic N) is 3. The average Bonchev–Trinajstić information content (AvgIpc) is 2.46. The van der Waals surface area contributed by atoms with Crippen molar-refractivity contribution in [2.75, 3.05) is 12.4 Å². The van der Waals surface area contributed by atoms with E-state index >= 15 is 0 Å². The number of urea groups is 1. The normalized spacial score (nSPS) is 19.8. The minimum atomic E-state index is -4.28. The van der Waals surface area contributed by atoms with Gasteiger partial charge in [0.05, 0.1) is 7.11 Å². The highest BCUT2D eigenvalue weighted by Gasteiger charge is 2.41. The van der Waals surface area contributed by atoms with E-state index in [0.717, 1.165) is 0 Å². The first-order chi connectivity index (χ1) is 10.8. The summed E-state index contributed by atoms with van der Waals surface area (Å²) in [4.78, 5) is 23.3. The van der Waals surface area contributed by atoms with Crippen LogP contribution < -0.4 is 20.1 Å². The van der Waals surface area contributed by atoms with Crippen molar-refractivity contribution >= 4 is 33.6 Å². The first-order valence-electron chi connectivity index (χ1n) is 6.17. The number of alkyl halides is 1. The van der Waals surface area contributed by atoms with Crippen LogP contribution in [0.5, 0.6) is 6.01 Å². The Morgan fingerprint density at radius 3 is 2.70 bits per heavy atom. The Balaban J connectivity index is 2.12. The summed E-state index contributed by atoms with van der Waals surface area (Å²) in [6.45, 7) is 1.56. The number of carbonyl (C=O) groups excluding carboxylic acids is 1. The monoisotopic (exact) mass is 360 g/mol. The van der Waals surface area contributed by atoms with Crippen LogP contribution in [0.4, 0.5) is 10.7 Å². The number of dihydropyridines is 1. The van der Waals surface area contributed by atoms with Gasteiger partial charge in [0.1, 0.15) is 5.82 Å². The van der Waals surface area contributed by atoms with Crippen LogP contribution in [-0.2, 0) is 10.0 Å². The lowest BCUT2D eigenvalue weighted by Gasteiger charge is -2.25. The van der Waals surface area contributed by atoms with Gasteiger partial charge in [-0.1, -0.05) is 17.7 Å². The second kappa shape index (κ2) is 6.38. The summed E-state index contributed by atoms with van der Waals surface area (Å²) in [7, 11) is -2.93. The van der Waals surface area contributed by atoms with E-state index in [1.54, 1.807) is 17.7 Å². The fourth-order valence-corrected chi connectivity index (χ4v) is 2.72. The SMILES string of the molecule is COc1nc(C)nc(NC(=O)NS(=O)(=O)C2(Cl)C=CC=CN2)n1. The van der Waals surface area contributed by atoms with Crippen LogP contribution in [-0.4, -0.2) is 40.8 Å². The molecule has 0 bridgehead atoms. The molecule has 1 aromatic rings. The van der Waals surface area contributed by atoms with Crippen molar-refractivity contribution in [3.63, 3.8) is 0 Å². The van der Waals surface area contributed by atoms with E-state index in [2.05, 4.69) is 25.6 Å². The molecule has 0 saturated heterocycles. The maximum atomic E-state index is 12.2. The first kappa shape index (κ1) is 17.0. The topological polar surface area (TPSA) is 135 Å². The molecule has 1 aromatic heterocycles. The fraction of sp³-hybridized carbons (Fsp3) is 0.273. The van der Waals surface area contributed by atoms with Crippen LogP contribution in [0.2, 0.25) is 0 Å². The lowest BCUT2D eigenvalue weighted by molar-refractivity contribution is 0.256. The van der Waals surface area contributed by atoms with Gasteiger partial charge in [-0.25, -0.2) is 17.9 Å². The summed E-state index contributed by atoms with van der Waals surface area (Å²) in [6, 6.07) is -1.10. The zero-order valence-corrected chi connectivity index (χ0v) is 13.6. The van der Waals surface area contributed by atoms with Gasteiger partial charge in [0.25, 0.3) is 14.4 Å². The molecule has 2 heterocycles. The number of rotatable bonds is 4. The van der Waals surface area contributed by atoms with Crippen LogP contribution in [0, 0.1) is 6.92 Å². The molecule has 10 nitrogen and oxygen atoms in total. The fourth-order valence-electron chi connectivity index (χ4n) is 1.54. The Labute approximate surface area is 137 Å². The van der Waals surface area contributed by atoms with Crippen LogP contribution in [0.25, 0.3) is 0 Å². The molecule has 124 valence electrons. The largest absolute Gasteiger partial charge is 0.467 e. The van der Waals surface area contributed by atoms with Crippen molar-refractivity contribution < 1.29 is 17.9 Å². The van der Waals surface area contributed by atoms with Crippen LogP contribution in [0.15, 0.2) is 24.4 Å². The number of halogens is 1. The zero-order chi connectivity index (χ0) is 17.1. The van der Waals surface area contributed by atoms with Crippen molar-refractivity contribution in [1.82, 2.24) is 25.0 Å². The molecule has 1 aliphatic heterocycles. The highest BCUT2D eigenvalue weighted by Crippen LogP contribution is 2.22. The van der Waals surface area contributed by atoms with Crippen molar-refractivity contribution in [2.24, 2.45) is 0 Å². The molecule has 0 aromatic carbocycles. The smallest absolute Gasteiger partial charge is 0.335 e. The number of ether oxygens (including phenoxy) is 1. The summed E-state index contributed by atoms with van der Waals surface area (Å²) in [5.74, 6) is 0.114. The van der Waals surface area contributed by atoms with E-state index in [1.165, 1.54) is 25.5 Å². The van der Waals surface area contributed by atoms with Crippen molar-refractivity contribution in [3.8, 4) is 6.01 Å². The number of methoxy groups -OCH3 is 1. The van der Waals surface area contributed by atoms with Crippen molar-refractivity contribution in [2.45, 2.75) is 11.3 Å². The molecule has 3 N–H and O–H groups in total. The lowest BCUT2D eigenvalue weighted by atomic mass is 10.4. The Hall–Kier alpha value is -2.40. The molecule has 23 heavy (non-hydrogen) atoms. The molecule has 0 spiro atoms. The molecule has 1 atom stereocenters. The number of sulfonamides is 1. The Kier molecular flexibility index (Phi) is 4.71. The quantitative estimate of drug-likeness (QED) is 0.512. The number of hydrogen-bond acceptors (Lipinski definition) is 8. The molecule has 0 fully saturated rings. The maximum Gasteiger partial charge on any atom is 0.335 e. The van der Waals surface area contributed by atoms with Crippen molar-refractivity contribution in [3.05, 3.63) is 30.3 Å². The van der Waals surface area contributed by atoms with E-state index in [-0.39, 0.29) is 17.8 Å². The van der Waals surface area contributed by atoms with Crippen LogP contribution in [0.1, 0.15) is 5.82 Å². The van der Waals surface area contributed by atoms with Crippen molar-refractivity contribution in [1.29, 1.82) is 0 Å². The van der Waals surface area contributed by atoms with Crippen LogP contribution in [0.3, 0.4) is 0 Å². The average molecular weight is 361 g/mol. The number of aromatic nitrogens is 3. The number of aryl methyl sites for hydroxylation is 1. The highest BCUT2D eigenvalue weighted by atomic mass is 35.5. The second-order valence-electron chi connectivity index (χ2n) is 4.26. The second-order valence-corrected chi connectivity index (χ2v) is 6.94. The zero-order valence-electron chi connectivity index (χ0n) is 12.1. The molecule has 2 rings (SSSR count). The minimum Gasteiger partial charge on any atom is -0.467 e. The number of nitrogens with one attached hydrogen (secondary N) is 3. The predicted molar refractivity (Wildman–Crippen MR) is 82.2 cm³/mol. The summed E-state index contributed by atoms with van der Waals surface area (Å²) in [5.41, 5.74) is 0. The number of allylic oxidation sites excluding steroid dienone is 2. The summed E-state index contributed by atoms with van der Waals surface area (Å²) in [6.07, 6.45) is 5.50. The van der Waals surface area contributed by atoms with Gasteiger partial charge in [0.15, 0.2) is 0 Å².